The molecule has 0 saturated heterocycles. The van der Waals surface area contributed by atoms with Crippen molar-refractivity contribution in [3.63, 3.8) is 0 Å². The predicted octanol–water partition coefficient (Wildman–Crippen LogP) is 1.86. The Labute approximate surface area is 99.1 Å². The zero-order valence-corrected chi connectivity index (χ0v) is 10.4. The lowest BCUT2D eigenvalue weighted by Crippen LogP contribution is -2.27. The van der Waals surface area contributed by atoms with Gasteiger partial charge in [-0.2, -0.15) is 5.26 Å². The molecule has 4 heteroatoms. The molecule has 0 spiro atoms. The summed E-state index contributed by atoms with van der Waals surface area (Å²) in [6.07, 6.45) is 6.18. The fourth-order valence-corrected chi connectivity index (χ4v) is 3.17. The van der Waals surface area contributed by atoms with Crippen LogP contribution < -0.4 is 5.56 Å². The summed E-state index contributed by atoms with van der Waals surface area (Å²) in [6.45, 7) is 0. The van der Waals surface area contributed by atoms with Gasteiger partial charge in [-0.25, -0.2) is 0 Å². The van der Waals surface area contributed by atoms with Gasteiger partial charge in [0.05, 0.1) is 0 Å². The molecule has 1 aromatic rings. The van der Waals surface area contributed by atoms with E-state index in [0.29, 0.717) is 5.56 Å². The van der Waals surface area contributed by atoms with E-state index in [0.717, 1.165) is 36.3 Å². The van der Waals surface area contributed by atoms with Crippen molar-refractivity contribution in [3.8, 4) is 6.07 Å². The third-order valence-corrected chi connectivity index (χ3v) is 4.04. The monoisotopic (exact) mass is 234 g/mol. The molecule has 2 rings (SSSR count). The Morgan fingerprint density at radius 3 is 2.69 bits per heavy atom. The smallest absolute Gasteiger partial charge is 0.269 e. The van der Waals surface area contributed by atoms with E-state index in [2.05, 4.69) is 6.07 Å². The van der Waals surface area contributed by atoms with E-state index in [9.17, 15) is 4.79 Å². The zero-order valence-electron chi connectivity index (χ0n) is 9.54. The lowest BCUT2D eigenvalue weighted by molar-refractivity contribution is 0.611. The molecule has 0 radical (unpaired) electrons. The summed E-state index contributed by atoms with van der Waals surface area (Å²) in [4.78, 5) is 12.9. The molecule has 1 aliphatic rings. The van der Waals surface area contributed by atoms with Crippen LogP contribution in [0.15, 0.2) is 9.69 Å². The first-order chi connectivity index (χ1) is 7.70. The van der Waals surface area contributed by atoms with Gasteiger partial charge >= 0.3 is 0 Å². The maximum Gasteiger partial charge on any atom is 0.269 e. The van der Waals surface area contributed by atoms with Gasteiger partial charge in [0.1, 0.15) is 11.6 Å². The van der Waals surface area contributed by atoms with Crippen LogP contribution in [0.25, 0.3) is 0 Å². The predicted molar refractivity (Wildman–Crippen MR) is 64.8 cm³/mol. The first-order valence-corrected chi connectivity index (χ1v) is 6.62. The number of nitriles is 1. The molecule has 0 aliphatic heterocycles. The van der Waals surface area contributed by atoms with Crippen molar-refractivity contribution in [2.75, 3.05) is 6.26 Å². The van der Waals surface area contributed by atoms with E-state index in [1.54, 1.807) is 11.6 Å². The van der Waals surface area contributed by atoms with E-state index < -0.39 is 0 Å². The van der Waals surface area contributed by atoms with Crippen LogP contribution in [0.1, 0.15) is 29.7 Å². The minimum atomic E-state index is -0.146. The van der Waals surface area contributed by atoms with Crippen molar-refractivity contribution < 1.29 is 0 Å². The summed E-state index contributed by atoms with van der Waals surface area (Å²) < 4.78 is 1.66. The van der Waals surface area contributed by atoms with E-state index in [1.807, 2.05) is 6.26 Å². The van der Waals surface area contributed by atoms with E-state index in [4.69, 9.17) is 5.26 Å². The maximum atomic E-state index is 12.0. The average molecular weight is 234 g/mol. The number of aromatic nitrogens is 1. The van der Waals surface area contributed by atoms with Crippen LogP contribution in [0.5, 0.6) is 0 Å². The Balaban J connectivity index is 2.82. The largest absolute Gasteiger partial charge is 0.314 e. The summed E-state index contributed by atoms with van der Waals surface area (Å²) in [6, 6.07) is 2.05. The Morgan fingerprint density at radius 2 is 2.06 bits per heavy atom. The molecule has 0 saturated carbocycles. The molecule has 0 unspecified atom stereocenters. The highest BCUT2D eigenvalue weighted by Crippen LogP contribution is 2.30. The molecule has 16 heavy (non-hydrogen) atoms. The number of hydrogen-bond donors (Lipinski definition) is 0. The van der Waals surface area contributed by atoms with Crippen molar-refractivity contribution in [3.05, 3.63) is 27.2 Å². The Kier molecular flexibility index (Phi) is 3.06. The Morgan fingerprint density at radius 1 is 1.38 bits per heavy atom. The fraction of sp³-hybridized carbons (Fsp3) is 0.500. The Bertz CT molecular complexity index is 525. The molecule has 1 aliphatic carbocycles. The highest BCUT2D eigenvalue weighted by molar-refractivity contribution is 7.98. The standard InChI is InChI=1S/C12H14N2OS/c1-14-10-6-4-3-5-8(10)11(16-2)9(7-13)12(14)15/h3-6H2,1-2H3. The molecule has 0 fully saturated rings. The van der Waals surface area contributed by atoms with Crippen LogP contribution in [0, 0.1) is 11.3 Å². The lowest BCUT2D eigenvalue weighted by Gasteiger charge is -2.22. The summed E-state index contributed by atoms with van der Waals surface area (Å²) in [5, 5.41) is 9.08. The fourth-order valence-electron chi connectivity index (χ4n) is 2.37. The molecule has 0 bridgehead atoms. The minimum absolute atomic E-state index is 0.146. The first kappa shape index (κ1) is 11.3. The molecule has 1 aromatic heterocycles. The molecule has 0 amide bonds. The number of hydrogen-bond acceptors (Lipinski definition) is 3. The third kappa shape index (κ3) is 1.56. The van der Waals surface area contributed by atoms with Gasteiger partial charge in [0.25, 0.3) is 5.56 Å². The molecule has 0 N–H and O–H groups in total. The normalized spacial score (nSPS) is 14.3. The maximum absolute atomic E-state index is 12.0. The zero-order chi connectivity index (χ0) is 11.7. The van der Waals surface area contributed by atoms with Crippen LogP contribution in [0.4, 0.5) is 0 Å². The molecule has 3 nitrogen and oxygen atoms in total. The van der Waals surface area contributed by atoms with E-state index >= 15 is 0 Å². The van der Waals surface area contributed by atoms with Crippen molar-refractivity contribution >= 4 is 11.8 Å². The van der Waals surface area contributed by atoms with Gasteiger partial charge in [-0.05, 0) is 37.5 Å². The molecule has 1 heterocycles. The molecule has 0 aromatic carbocycles. The Hall–Kier alpha value is -1.21. The van der Waals surface area contributed by atoms with E-state index in [1.165, 1.54) is 17.3 Å². The van der Waals surface area contributed by atoms with Gasteiger partial charge in [-0.15, -0.1) is 11.8 Å². The van der Waals surface area contributed by atoms with Gasteiger partial charge in [-0.3, -0.25) is 4.79 Å². The molecule has 84 valence electrons. The van der Waals surface area contributed by atoms with Gasteiger partial charge in [-0.1, -0.05) is 0 Å². The van der Waals surface area contributed by atoms with Gasteiger partial charge in [0, 0.05) is 17.6 Å². The van der Waals surface area contributed by atoms with Crippen LogP contribution in [0.3, 0.4) is 0 Å². The number of fused-ring (bicyclic) bond motifs is 1. The summed E-state index contributed by atoms with van der Waals surface area (Å²) in [7, 11) is 1.78. The van der Waals surface area contributed by atoms with Gasteiger partial charge < -0.3 is 4.57 Å². The number of pyridine rings is 1. The van der Waals surface area contributed by atoms with Crippen molar-refractivity contribution in [1.29, 1.82) is 5.26 Å². The summed E-state index contributed by atoms with van der Waals surface area (Å²) in [5.74, 6) is 0. The second-order valence-corrected chi connectivity index (χ2v) is 4.83. The number of nitrogens with zero attached hydrogens (tertiary/aromatic N) is 2. The second kappa shape index (κ2) is 4.34. The van der Waals surface area contributed by atoms with Crippen LogP contribution in [-0.4, -0.2) is 10.8 Å². The van der Waals surface area contributed by atoms with Crippen molar-refractivity contribution in [2.45, 2.75) is 30.6 Å². The van der Waals surface area contributed by atoms with Crippen molar-refractivity contribution in [1.82, 2.24) is 4.57 Å². The van der Waals surface area contributed by atoms with Crippen LogP contribution in [0.2, 0.25) is 0 Å². The van der Waals surface area contributed by atoms with E-state index in [-0.39, 0.29) is 5.56 Å². The topological polar surface area (TPSA) is 45.8 Å². The SMILES string of the molecule is CSc1c2c(n(C)c(=O)c1C#N)CCCC2. The molecular formula is C12H14N2OS. The second-order valence-electron chi connectivity index (χ2n) is 4.02. The van der Waals surface area contributed by atoms with Crippen molar-refractivity contribution in [2.24, 2.45) is 7.05 Å². The summed E-state index contributed by atoms with van der Waals surface area (Å²) in [5.41, 5.74) is 2.51. The number of thioether (sulfide) groups is 1. The number of rotatable bonds is 1. The van der Waals surface area contributed by atoms with Gasteiger partial charge in [0.15, 0.2) is 0 Å². The highest BCUT2D eigenvalue weighted by Gasteiger charge is 2.21. The lowest BCUT2D eigenvalue weighted by atomic mass is 9.94. The molecule has 0 atom stereocenters. The van der Waals surface area contributed by atoms with Crippen LogP contribution in [-0.2, 0) is 19.9 Å². The summed E-state index contributed by atoms with van der Waals surface area (Å²) >= 11 is 1.52. The quantitative estimate of drug-likeness (QED) is 0.697. The van der Waals surface area contributed by atoms with Gasteiger partial charge in [0.2, 0.25) is 0 Å². The minimum Gasteiger partial charge on any atom is -0.314 e. The molecular weight excluding hydrogens is 220 g/mol. The first-order valence-electron chi connectivity index (χ1n) is 5.39. The average Bonchev–Trinajstić information content (AvgIpc) is 2.33. The highest BCUT2D eigenvalue weighted by atomic mass is 32.2. The van der Waals surface area contributed by atoms with Crippen LogP contribution >= 0.6 is 11.8 Å². The third-order valence-electron chi connectivity index (χ3n) is 3.18.